The molecule has 1 aliphatic heterocycles. The zero-order valence-electron chi connectivity index (χ0n) is 23.5. The molecule has 3 saturated carbocycles. The van der Waals surface area contributed by atoms with Crippen LogP contribution in [0.3, 0.4) is 0 Å². The van der Waals surface area contributed by atoms with Gasteiger partial charge in [-0.25, -0.2) is 0 Å². The van der Waals surface area contributed by atoms with Gasteiger partial charge in [0.2, 0.25) is 0 Å². The van der Waals surface area contributed by atoms with Crippen LogP contribution >= 0.6 is 0 Å². The van der Waals surface area contributed by atoms with Gasteiger partial charge in [0.25, 0.3) is 6.08 Å². The molecule has 3 aliphatic carbocycles. The largest absolute Gasteiger partial charge is 0.378 e. The molecule has 0 bridgehead atoms. The minimum absolute atomic E-state index is 0.0527. The van der Waals surface area contributed by atoms with E-state index >= 15 is 0 Å². The summed E-state index contributed by atoms with van der Waals surface area (Å²) in [7, 11) is 0. The number of hydrogen-bond acceptors (Lipinski definition) is 3. The highest BCUT2D eigenvalue weighted by Crippen LogP contribution is 2.43. The SMILES string of the molecule is CCCCCC1COC(C2CCC(C3CCC(CCCOC4CCC(C=C(F)F)CC4)CC3)CC2)OC1. The zero-order chi connectivity index (χ0) is 25.9. The number of allylic oxidation sites excluding steroid dienone is 1. The Morgan fingerprint density at radius 1 is 0.703 bits per heavy atom. The Morgan fingerprint density at radius 2 is 1.30 bits per heavy atom. The molecule has 4 aliphatic rings. The lowest BCUT2D eigenvalue weighted by molar-refractivity contribution is -0.230. The number of hydrogen-bond donors (Lipinski definition) is 0. The van der Waals surface area contributed by atoms with E-state index in [2.05, 4.69) is 6.92 Å². The number of ether oxygens (including phenoxy) is 3. The van der Waals surface area contributed by atoms with Gasteiger partial charge in [0.1, 0.15) is 0 Å². The van der Waals surface area contributed by atoms with Gasteiger partial charge in [-0.2, -0.15) is 8.78 Å². The smallest absolute Gasteiger partial charge is 0.266 e. The third-order valence-electron chi connectivity index (χ3n) is 10.2. The van der Waals surface area contributed by atoms with Crippen LogP contribution in [0.2, 0.25) is 0 Å². The van der Waals surface area contributed by atoms with E-state index in [-0.39, 0.29) is 18.3 Å². The Balaban J connectivity index is 1.02. The van der Waals surface area contributed by atoms with Crippen molar-refractivity contribution in [2.24, 2.45) is 35.5 Å². The highest BCUT2D eigenvalue weighted by Gasteiger charge is 2.35. The van der Waals surface area contributed by atoms with Crippen LogP contribution < -0.4 is 0 Å². The maximum Gasteiger partial charge on any atom is 0.266 e. The van der Waals surface area contributed by atoms with Gasteiger partial charge >= 0.3 is 0 Å². The summed E-state index contributed by atoms with van der Waals surface area (Å²) in [6.45, 7) is 4.92. The summed E-state index contributed by atoms with van der Waals surface area (Å²) in [5.74, 6) is 4.00. The van der Waals surface area contributed by atoms with Crippen molar-refractivity contribution in [1.82, 2.24) is 0 Å². The normalized spacial score (nSPS) is 37.3. The predicted octanol–water partition coefficient (Wildman–Crippen LogP) is 9.30. The molecule has 214 valence electrons. The van der Waals surface area contributed by atoms with E-state index in [0.717, 1.165) is 75.8 Å². The molecule has 5 heteroatoms. The Kier molecular flexibility index (Phi) is 12.7. The summed E-state index contributed by atoms with van der Waals surface area (Å²) < 4.78 is 43.3. The van der Waals surface area contributed by atoms with Gasteiger partial charge in [-0.05, 0) is 113 Å². The van der Waals surface area contributed by atoms with E-state index < -0.39 is 6.08 Å². The van der Waals surface area contributed by atoms with Gasteiger partial charge in [0, 0.05) is 18.4 Å². The number of halogens is 2. The molecular weight excluding hydrogens is 470 g/mol. The minimum Gasteiger partial charge on any atom is -0.378 e. The van der Waals surface area contributed by atoms with Crippen molar-refractivity contribution in [3.8, 4) is 0 Å². The molecule has 3 nitrogen and oxygen atoms in total. The van der Waals surface area contributed by atoms with E-state index in [1.165, 1.54) is 83.5 Å². The van der Waals surface area contributed by atoms with Crippen LogP contribution in [-0.2, 0) is 14.2 Å². The molecule has 0 aromatic carbocycles. The second-order valence-corrected chi connectivity index (χ2v) is 12.9. The third-order valence-corrected chi connectivity index (χ3v) is 10.2. The van der Waals surface area contributed by atoms with Crippen LogP contribution in [0.15, 0.2) is 12.2 Å². The fourth-order valence-corrected chi connectivity index (χ4v) is 7.74. The molecule has 4 rings (SSSR count). The van der Waals surface area contributed by atoms with Gasteiger partial charge in [0.15, 0.2) is 6.29 Å². The second-order valence-electron chi connectivity index (χ2n) is 12.9. The molecule has 37 heavy (non-hydrogen) atoms. The topological polar surface area (TPSA) is 27.7 Å². The van der Waals surface area contributed by atoms with Gasteiger partial charge in [0.05, 0.1) is 19.3 Å². The average molecular weight is 525 g/mol. The average Bonchev–Trinajstić information content (AvgIpc) is 2.93. The van der Waals surface area contributed by atoms with Gasteiger partial charge in [-0.1, -0.05) is 39.0 Å². The zero-order valence-corrected chi connectivity index (χ0v) is 23.5. The molecule has 0 amide bonds. The highest BCUT2D eigenvalue weighted by atomic mass is 19.3. The molecule has 0 aromatic rings. The molecule has 1 saturated heterocycles. The fraction of sp³-hybridized carbons (Fsp3) is 0.938. The third kappa shape index (κ3) is 9.87. The van der Waals surface area contributed by atoms with Gasteiger partial charge in [-0.3, -0.25) is 0 Å². The summed E-state index contributed by atoms with van der Waals surface area (Å²) in [4.78, 5) is 0. The van der Waals surface area contributed by atoms with Crippen molar-refractivity contribution in [2.75, 3.05) is 19.8 Å². The molecule has 0 N–H and O–H groups in total. The van der Waals surface area contributed by atoms with E-state index in [4.69, 9.17) is 14.2 Å². The maximum absolute atomic E-state index is 12.4. The molecule has 1 heterocycles. The summed E-state index contributed by atoms with van der Waals surface area (Å²) in [5, 5.41) is 0. The Labute approximate surface area is 225 Å². The second kappa shape index (κ2) is 15.9. The van der Waals surface area contributed by atoms with Gasteiger partial charge < -0.3 is 14.2 Å². The summed E-state index contributed by atoms with van der Waals surface area (Å²) >= 11 is 0. The quantitative estimate of drug-likeness (QED) is 0.238. The first-order valence-electron chi connectivity index (χ1n) is 16.0. The molecular formula is C32H54F2O3. The predicted molar refractivity (Wildman–Crippen MR) is 145 cm³/mol. The van der Waals surface area contributed by atoms with E-state index in [1.54, 1.807) is 0 Å². The van der Waals surface area contributed by atoms with Crippen molar-refractivity contribution in [1.29, 1.82) is 0 Å². The van der Waals surface area contributed by atoms with Gasteiger partial charge in [-0.15, -0.1) is 0 Å². The Hall–Kier alpha value is -0.520. The van der Waals surface area contributed by atoms with Crippen LogP contribution in [0, 0.1) is 35.5 Å². The molecule has 0 atom stereocenters. The molecule has 0 spiro atoms. The van der Waals surface area contributed by atoms with Crippen LogP contribution in [-0.4, -0.2) is 32.2 Å². The van der Waals surface area contributed by atoms with Crippen molar-refractivity contribution < 1.29 is 23.0 Å². The van der Waals surface area contributed by atoms with E-state index in [0.29, 0.717) is 11.8 Å². The first kappa shape index (κ1) is 29.5. The lowest BCUT2D eigenvalue weighted by atomic mass is 9.68. The van der Waals surface area contributed by atoms with E-state index in [1.807, 2.05) is 0 Å². The van der Waals surface area contributed by atoms with Crippen molar-refractivity contribution in [2.45, 2.75) is 135 Å². The lowest BCUT2D eigenvalue weighted by Gasteiger charge is -2.41. The highest BCUT2D eigenvalue weighted by molar-refractivity contribution is 4.91. The monoisotopic (exact) mass is 524 g/mol. The van der Waals surface area contributed by atoms with Crippen molar-refractivity contribution in [3.63, 3.8) is 0 Å². The number of rotatable bonds is 12. The lowest BCUT2D eigenvalue weighted by Crippen LogP contribution is -2.39. The minimum atomic E-state index is -1.53. The van der Waals surface area contributed by atoms with Crippen LogP contribution in [0.25, 0.3) is 0 Å². The van der Waals surface area contributed by atoms with Crippen molar-refractivity contribution in [3.05, 3.63) is 12.2 Å². The fourth-order valence-electron chi connectivity index (χ4n) is 7.74. The maximum atomic E-state index is 12.4. The number of unbranched alkanes of at least 4 members (excludes halogenated alkanes) is 2. The van der Waals surface area contributed by atoms with Crippen LogP contribution in [0.5, 0.6) is 0 Å². The summed E-state index contributed by atoms with van der Waals surface area (Å²) in [5.41, 5.74) is 0. The first-order valence-corrected chi connectivity index (χ1v) is 16.0. The standard InChI is InChI=1S/C32H54F2O3/c1-2-3-4-6-26-22-36-32(37-23-26)29-16-14-28(15-17-29)27-12-8-24(9-13-27)7-5-20-35-30-18-10-25(11-19-30)21-31(33)34/h21,24-30,32H,2-20,22-23H2,1H3. The molecule has 0 aromatic heterocycles. The summed E-state index contributed by atoms with van der Waals surface area (Å²) in [6.07, 6.45) is 22.1. The molecule has 0 radical (unpaired) electrons. The van der Waals surface area contributed by atoms with Crippen molar-refractivity contribution >= 4 is 0 Å². The van der Waals surface area contributed by atoms with E-state index in [9.17, 15) is 8.78 Å². The summed E-state index contributed by atoms with van der Waals surface area (Å²) in [6, 6.07) is 0. The Bertz CT molecular complexity index is 634. The molecule has 4 fully saturated rings. The first-order chi connectivity index (χ1) is 18.1. The molecule has 0 unspecified atom stereocenters. The van der Waals surface area contributed by atoms with Crippen LogP contribution in [0.4, 0.5) is 8.78 Å². The Morgan fingerprint density at radius 3 is 1.92 bits per heavy atom. The van der Waals surface area contributed by atoms with Crippen LogP contribution in [0.1, 0.15) is 122 Å².